The predicted octanol–water partition coefficient (Wildman–Crippen LogP) is 1.50. The number of amides is 2. The molecule has 0 aromatic heterocycles. The minimum absolute atomic E-state index is 0.0230. The number of nitrogens with zero attached hydrogens (tertiary/aromatic N) is 3. The first-order chi connectivity index (χ1) is 13.1. The van der Waals surface area contributed by atoms with Crippen LogP contribution in [0.4, 0.5) is 4.39 Å². The highest BCUT2D eigenvalue weighted by Gasteiger charge is 2.32. The minimum Gasteiger partial charge on any atom is -0.379 e. The summed E-state index contributed by atoms with van der Waals surface area (Å²) in [5.41, 5.74) is 0.493. The summed E-state index contributed by atoms with van der Waals surface area (Å²) in [6.07, 6.45) is 1.29. The lowest BCUT2D eigenvalue weighted by molar-refractivity contribution is -0.143. The molecule has 2 saturated heterocycles. The highest BCUT2D eigenvalue weighted by Crippen LogP contribution is 2.17. The summed E-state index contributed by atoms with van der Waals surface area (Å²) >= 11 is 0. The number of ether oxygens (including phenoxy) is 1. The van der Waals surface area contributed by atoms with Gasteiger partial charge in [-0.15, -0.1) is 0 Å². The van der Waals surface area contributed by atoms with Gasteiger partial charge in [0.2, 0.25) is 11.8 Å². The molecule has 3 rings (SSSR count). The third-order valence-corrected chi connectivity index (χ3v) is 5.36. The van der Waals surface area contributed by atoms with Crippen molar-refractivity contribution in [3.8, 4) is 0 Å². The Bertz CT molecular complexity index is 664. The maximum Gasteiger partial charge on any atom is 0.245 e. The standard InChI is InChI=1S/C20H28FN3O3/c1-16(24-8-4-7-19(24)25)20(26)23(10-9-22-11-13-27-14-12-22)15-17-5-2-3-6-18(17)21/h2-3,5-6,16H,4,7-15H2,1H3. The molecule has 0 saturated carbocycles. The Morgan fingerprint density at radius 1 is 1.26 bits per heavy atom. The summed E-state index contributed by atoms with van der Waals surface area (Å²) in [5, 5.41) is 0. The Hall–Kier alpha value is -1.99. The molecule has 27 heavy (non-hydrogen) atoms. The van der Waals surface area contributed by atoms with E-state index in [1.165, 1.54) is 6.07 Å². The summed E-state index contributed by atoms with van der Waals surface area (Å²) in [7, 11) is 0. The summed E-state index contributed by atoms with van der Waals surface area (Å²) in [5.74, 6) is -0.414. The first-order valence-corrected chi connectivity index (χ1v) is 9.68. The predicted molar refractivity (Wildman–Crippen MR) is 99.5 cm³/mol. The number of carbonyl (C=O) groups is 2. The molecule has 6 nitrogen and oxygen atoms in total. The minimum atomic E-state index is -0.517. The van der Waals surface area contributed by atoms with Gasteiger partial charge in [-0.1, -0.05) is 18.2 Å². The average Bonchev–Trinajstić information content (AvgIpc) is 3.12. The topological polar surface area (TPSA) is 53.1 Å². The molecule has 2 aliphatic rings. The van der Waals surface area contributed by atoms with Crippen molar-refractivity contribution in [3.63, 3.8) is 0 Å². The fourth-order valence-electron chi connectivity index (χ4n) is 3.66. The van der Waals surface area contributed by atoms with E-state index in [0.717, 1.165) is 19.5 Å². The molecule has 0 spiro atoms. The molecule has 2 amide bonds. The third-order valence-electron chi connectivity index (χ3n) is 5.36. The van der Waals surface area contributed by atoms with Crippen LogP contribution in [0.5, 0.6) is 0 Å². The average molecular weight is 377 g/mol. The zero-order chi connectivity index (χ0) is 19.2. The molecular weight excluding hydrogens is 349 g/mol. The second-order valence-corrected chi connectivity index (χ2v) is 7.17. The van der Waals surface area contributed by atoms with E-state index in [9.17, 15) is 14.0 Å². The molecule has 7 heteroatoms. The van der Waals surface area contributed by atoms with Crippen molar-refractivity contribution in [1.82, 2.24) is 14.7 Å². The van der Waals surface area contributed by atoms with E-state index in [4.69, 9.17) is 4.74 Å². The number of hydrogen-bond donors (Lipinski definition) is 0. The van der Waals surface area contributed by atoms with Gasteiger partial charge in [-0.25, -0.2) is 4.39 Å². The van der Waals surface area contributed by atoms with Gasteiger partial charge in [-0.3, -0.25) is 14.5 Å². The summed E-state index contributed by atoms with van der Waals surface area (Å²) in [6.45, 7) is 6.87. The van der Waals surface area contributed by atoms with Crippen LogP contribution in [-0.4, -0.2) is 78.5 Å². The maximum atomic E-state index is 14.1. The Labute approximate surface area is 159 Å². The highest BCUT2D eigenvalue weighted by atomic mass is 19.1. The van der Waals surface area contributed by atoms with Crippen LogP contribution in [0, 0.1) is 5.82 Å². The third kappa shape index (κ3) is 5.05. The molecule has 148 valence electrons. The number of benzene rings is 1. The number of morpholine rings is 1. The van der Waals surface area contributed by atoms with Gasteiger partial charge in [0.05, 0.1) is 13.2 Å². The molecule has 1 aromatic rings. The summed E-state index contributed by atoms with van der Waals surface area (Å²) in [6, 6.07) is 6.01. The monoisotopic (exact) mass is 377 g/mol. The van der Waals surface area contributed by atoms with Crippen molar-refractivity contribution in [1.29, 1.82) is 0 Å². The normalized spacial score (nSPS) is 19.3. The number of rotatable bonds is 7. The molecule has 1 aromatic carbocycles. The second kappa shape index (κ2) is 9.28. The van der Waals surface area contributed by atoms with Crippen molar-refractivity contribution in [2.24, 2.45) is 0 Å². The van der Waals surface area contributed by atoms with Gasteiger partial charge >= 0.3 is 0 Å². The lowest BCUT2D eigenvalue weighted by Crippen LogP contribution is -2.50. The van der Waals surface area contributed by atoms with Crippen LogP contribution >= 0.6 is 0 Å². The van der Waals surface area contributed by atoms with E-state index in [0.29, 0.717) is 44.8 Å². The molecule has 2 heterocycles. The van der Waals surface area contributed by atoms with Gasteiger partial charge in [0.15, 0.2) is 0 Å². The molecule has 1 unspecified atom stereocenters. The highest BCUT2D eigenvalue weighted by molar-refractivity contribution is 5.88. The zero-order valence-corrected chi connectivity index (χ0v) is 15.9. The van der Waals surface area contributed by atoms with E-state index >= 15 is 0 Å². The van der Waals surface area contributed by atoms with Crippen molar-refractivity contribution in [2.45, 2.75) is 32.4 Å². The fourth-order valence-corrected chi connectivity index (χ4v) is 3.66. The fraction of sp³-hybridized carbons (Fsp3) is 0.600. The van der Waals surface area contributed by atoms with Crippen LogP contribution in [0.15, 0.2) is 24.3 Å². The van der Waals surface area contributed by atoms with Crippen LogP contribution < -0.4 is 0 Å². The van der Waals surface area contributed by atoms with Crippen molar-refractivity contribution in [2.75, 3.05) is 45.9 Å². The molecule has 2 aliphatic heterocycles. The van der Waals surface area contributed by atoms with Crippen LogP contribution in [0.3, 0.4) is 0 Å². The molecule has 2 fully saturated rings. The van der Waals surface area contributed by atoms with E-state index in [1.54, 1.807) is 34.9 Å². The first kappa shape index (κ1) is 19.8. The quantitative estimate of drug-likeness (QED) is 0.723. The van der Waals surface area contributed by atoms with E-state index < -0.39 is 6.04 Å². The molecule has 0 aliphatic carbocycles. The van der Waals surface area contributed by atoms with Crippen molar-refractivity contribution >= 4 is 11.8 Å². The molecular formula is C20H28FN3O3. The van der Waals surface area contributed by atoms with Crippen LogP contribution in [0.2, 0.25) is 0 Å². The zero-order valence-electron chi connectivity index (χ0n) is 15.9. The number of hydrogen-bond acceptors (Lipinski definition) is 4. The number of likely N-dealkylation sites (tertiary alicyclic amines) is 1. The lowest BCUT2D eigenvalue weighted by atomic mass is 10.1. The second-order valence-electron chi connectivity index (χ2n) is 7.17. The van der Waals surface area contributed by atoms with Crippen LogP contribution in [0.25, 0.3) is 0 Å². The van der Waals surface area contributed by atoms with Gasteiger partial charge < -0.3 is 14.5 Å². The van der Waals surface area contributed by atoms with Crippen LogP contribution in [0.1, 0.15) is 25.3 Å². The largest absolute Gasteiger partial charge is 0.379 e. The van der Waals surface area contributed by atoms with Gasteiger partial charge in [-0.05, 0) is 19.4 Å². The van der Waals surface area contributed by atoms with Crippen LogP contribution in [-0.2, 0) is 20.9 Å². The van der Waals surface area contributed by atoms with Gasteiger partial charge in [-0.2, -0.15) is 0 Å². The Morgan fingerprint density at radius 2 is 2.00 bits per heavy atom. The van der Waals surface area contributed by atoms with E-state index in [1.807, 2.05) is 0 Å². The maximum absolute atomic E-state index is 14.1. The molecule has 0 N–H and O–H groups in total. The SMILES string of the molecule is CC(C(=O)N(CCN1CCOCC1)Cc1ccccc1F)N1CCCC1=O. The van der Waals surface area contributed by atoms with Gasteiger partial charge in [0, 0.05) is 51.3 Å². The lowest BCUT2D eigenvalue weighted by Gasteiger charge is -2.33. The molecule has 0 radical (unpaired) electrons. The van der Waals surface area contributed by atoms with Crippen molar-refractivity contribution < 1.29 is 18.7 Å². The molecule has 0 bridgehead atoms. The molecule has 1 atom stereocenters. The van der Waals surface area contributed by atoms with Crippen molar-refractivity contribution in [3.05, 3.63) is 35.6 Å². The smallest absolute Gasteiger partial charge is 0.245 e. The Kier molecular flexibility index (Phi) is 6.79. The Balaban J connectivity index is 1.70. The number of carbonyl (C=O) groups excluding carboxylic acids is 2. The van der Waals surface area contributed by atoms with E-state index in [-0.39, 0.29) is 24.2 Å². The summed E-state index contributed by atoms with van der Waals surface area (Å²) in [4.78, 5) is 30.7. The Morgan fingerprint density at radius 3 is 2.67 bits per heavy atom. The number of halogens is 1. The first-order valence-electron chi connectivity index (χ1n) is 9.68. The van der Waals surface area contributed by atoms with E-state index in [2.05, 4.69) is 4.90 Å². The summed E-state index contributed by atoms with van der Waals surface area (Å²) < 4.78 is 19.5. The van der Waals surface area contributed by atoms with Gasteiger partial charge in [0.1, 0.15) is 11.9 Å². The van der Waals surface area contributed by atoms with Gasteiger partial charge in [0.25, 0.3) is 0 Å².